The summed E-state index contributed by atoms with van der Waals surface area (Å²) in [6.07, 6.45) is 3.96. The molecule has 2 saturated heterocycles. The average Bonchev–Trinajstić information content (AvgIpc) is 3.18. The van der Waals surface area contributed by atoms with Crippen LogP contribution in [0.2, 0.25) is 0 Å². The molecule has 0 spiro atoms. The van der Waals surface area contributed by atoms with Crippen molar-refractivity contribution in [2.45, 2.75) is 51.6 Å². The predicted octanol–water partition coefficient (Wildman–Crippen LogP) is 3.28. The number of rotatable bonds is 4. The fourth-order valence-electron chi connectivity index (χ4n) is 4.14. The highest BCUT2D eigenvalue weighted by molar-refractivity contribution is 7.12. The molecular formula is C22H32N4O2S. The fourth-order valence-corrected chi connectivity index (χ4v) is 5.25. The van der Waals surface area contributed by atoms with E-state index in [0.717, 1.165) is 51.3 Å². The zero-order valence-corrected chi connectivity index (χ0v) is 18.6. The summed E-state index contributed by atoms with van der Waals surface area (Å²) in [4.78, 5) is 20.3. The van der Waals surface area contributed by atoms with Gasteiger partial charge in [0.1, 0.15) is 0 Å². The number of aromatic nitrogens is 2. The Morgan fingerprint density at radius 2 is 2.00 bits per heavy atom. The van der Waals surface area contributed by atoms with Crippen molar-refractivity contribution in [2.24, 2.45) is 0 Å². The van der Waals surface area contributed by atoms with Gasteiger partial charge >= 0.3 is 0 Å². The Labute approximate surface area is 177 Å². The van der Waals surface area contributed by atoms with Gasteiger partial charge in [0.05, 0.1) is 31.1 Å². The Hall–Kier alpha value is -1.70. The molecule has 0 saturated carbocycles. The van der Waals surface area contributed by atoms with Crippen LogP contribution in [0.1, 0.15) is 49.4 Å². The lowest BCUT2D eigenvalue weighted by molar-refractivity contribution is 0.122. The van der Waals surface area contributed by atoms with Crippen LogP contribution >= 0.6 is 11.3 Å². The number of likely N-dealkylation sites (tertiary alicyclic amines) is 1. The zero-order valence-electron chi connectivity index (χ0n) is 17.8. The molecule has 7 heteroatoms. The van der Waals surface area contributed by atoms with Gasteiger partial charge in [0.15, 0.2) is 0 Å². The molecule has 2 aliphatic rings. The first kappa shape index (κ1) is 20.6. The van der Waals surface area contributed by atoms with Gasteiger partial charge in [-0.25, -0.2) is 4.68 Å². The number of thiophene rings is 1. The van der Waals surface area contributed by atoms with Gasteiger partial charge < -0.3 is 9.64 Å². The third-order valence-electron chi connectivity index (χ3n) is 5.79. The summed E-state index contributed by atoms with van der Waals surface area (Å²) in [5.74, 6) is 0. The van der Waals surface area contributed by atoms with Crippen molar-refractivity contribution in [3.05, 3.63) is 44.5 Å². The molecule has 6 nitrogen and oxygen atoms in total. The molecule has 1 unspecified atom stereocenters. The Bertz CT molecular complexity index is 879. The Kier molecular flexibility index (Phi) is 6.08. The summed E-state index contributed by atoms with van der Waals surface area (Å²) in [6, 6.07) is 6.41. The molecule has 0 N–H and O–H groups in total. The lowest BCUT2D eigenvalue weighted by atomic mass is 9.95. The standard InChI is InChI=1S/C22H32N4O2S/c1-22(2,3)20-7-6-19(29-20)16-24-8-4-5-17(15-24)26-21(27)13-18(14-23-26)25-9-11-28-12-10-25/h6-7,13-14,17H,4-5,8-12,15-16H2,1-3H3. The minimum atomic E-state index is 0.00647. The second kappa shape index (κ2) is 8.58. The summed E-state index contributed by atoms with van der Waals surface area (Å²) < 4.78 is 7.10. The van der Waals surface area contributed by atoms with Gasteiger partial charge in [-0.05, 0) is 36.9 Å². The van der Waals surface area contributed by atoms with Gasteiger partial charge in [-0.3, -0.25) is 9.69 Å². The highest BCUT2D eigenvalue weighted by atomic mass is 32.1. The van der Waals surface area contributed by atoms with Crippen molar-refractivity contribution in [2.75, 3.05) is 44.3 Å². The van der Waals surface area contributed by atoms with Crippen molar-refractivity contribution < 1.29 is 4.74 Å². The quantitative estimate of drug-likeness (QED) is 0.766. The molecule has 2 fully saturated rings. The van der Waals surface area contributed by atoms with E-state index >= 15 is 0 Å². The van der Waals surface area contributed by atoms with Crippen LogP contribution in [-0.2, 0) is 16.7 Å². The van der Waals surface area contributed by atoms with Gasteiger partial charge in [0.2, 0.25) is 0 Å². The van der Waals surface area contributed by atoms with Crippen molar-refractivity contribution in [1.29, 1.82) is 0 Å². The number of morpholine rings is 1. The maximum Gasteiger partial charge on any atom is 0.269 e. The fraction of sp³-hybridized carbons (Fsp3) is 0.636. The van der Waals surface area contributed by atoms with E-state index in [-0.39, 0.29) is 17.0 Å². The molecule has 0 radical (unpaired) electrons. The van der Waals surface area contributed by atoms with Gasteiger partial charge in [-0.15, -0.1) is 11.3 Å². The van der Waals surface area contributed by atoms with Crippen LogP contribution in [0.4, 0.5) is 5.69 Å². The van der Waals surface area contributed by atoms with Gasteiger partial charge in [-0.1, -0.05) is 20.8 Å². The van der Waals surface area contributed by atoms with E-state index in [4.69, 9.17) is 4.74 Å². The van der Waals surface area contributed by atoms with Crippen molar-refractivity contribution in [3.63, 3.8) is 0 Å². The van der Waals surface area contributed by atoms with Crippen LogP contribution in [-0.4, -0.2) is 54.1 Å². The van der Waals surface area contributed by atoms with Crippen LogP contribution in [0.15, 0.2) is 29.2 Å². The Morgan fingerprint density at radius 1 is 1.21 bits per heavy atom. The third kappa shape index (κ3) is 4.90. The number of piperidine rings is 1. The molecular weight excluding hydrogens is 384 g/mol. The molecule has 29 heavy (non-hydrogen) atoms. The highest BCUT2D eigenvalue weighted by Gasteiger charge is 2.24. The number of hydrogen-bond acceptors (Lipinski definition) is 6. The highest BCUT2D eigenvalue weighted by Crippen LogP contribution is 2.31. The van der Waals surface area contributed by atoms with Crippen LogP contribution < -0.4 is 10.5 Å². The van der Waals surface area contributed by atoms with Gasteiger partial charge in [0.25, 0.3) is 5.56 Å². The van der Waals surface area contributed by atoms with Crippen LogP contribution in [0.5, 0.6) is 0 Å². The molecule has 1 atom stereocenters. The van der Waals surface area contributed by atoms with Gasteiger partial charge in [-0.2, -0.15) is 5.10 Å². The number of anilines is 1. The largest absolute Gasteiger partial charge is 0.378 e. The van der Waals surface area contributed by atoms with E-state index in [2.05, 4.69) is 47.8 Å². The minimum Gasteiger partial charge on any atom is -0.378 e. The van der Waals surface area contributed by atoms with E-state index in [1.54, 1.807) is 10.7 Å². The minimum absolute atomic E-state index is 0.00647. The second-order valence-electron chi connectivity index (χ2n) is 9.14. The van der Waals surface area contributed by atoms with Crippen molar-refractivity contribution in [1.82, 2.24) is 14.7 Å². The van der Waals surface area contributed by atoms with E-state index in [0.29, 0.717) is 13.2 Å². The first-order chi connectivity index (χ1) is 13.9. The maximum atomic E-state index is 12.8. The molecule has 0 amide bonds. The zero-order chi connectivity index (χ0) is 20.4. The Balaban J connectivity index is 1.43. The molecule has 0 aliphatic carbocycles. The summed E-state index contributed by atoms with van der Waals surface area (Å²) >= 11 is 1.91. The first-order valence-electron chi connectivity index (χ1n) is 10.6. The average molecular weight is 417 g/mol. The lowest BCUT2D eigenvalue weighted by Crippen LogP contribution is -2.41. The second-order valence-corrected chi connectivity index (χ2v) is 10.3. The molecule has 2 aromatic rings. The molecule has 0 aromatic carbocycles. The lowest BCUT2D eigenvalue weighted by Gasteiger charge is -2.33. The normalized spacial score (nSPS) is 21.5. The number of nitrogens with zero attached hydrogens (tertiary/aromatic N) is 4. The van der Waals surface area contributed by atoms with E-state index in [1.165, 1.54) is 9.75 Å². The smallest absolute Gasteiger partial charge is 0.269 e. The Morgan fingerprint density at radius 3 is 2.69 bits per heavy atom. The predicted molar refractivity (Wildman–Crippen MR) is 118 cm³/mol. The van der Waals surface area contributed by atoms with E-state index < -0.39 is 0 Å². The summed E-state index contributed by atoms with van der Waals surface area (Å²) in [5, 5.41) is 4.55. The summed E-state index contributed by atoms with van der Waals surface area (Å²) in [7, 11) is 0. The van der Waals surface area contributed by atoms with Crippen LogP contribution in [0.25, 0.3) is 0 Å². The number of ether oxygens (including phenoxy) is 1. The molecule has 2 aromatic heterocycles. The van der Waals surface area contributed by atoms with E-state index in [1.807, 2.05) is 17.5 Å². The molecule has 4 rings (SSSR count). The van der Waals surface area contributed by atoms with E-state index in [9.17, 15) is 4.79 Å². The van der Waals surface area contributed by atoms with Crippen LogP contribution in [0.3, 0.4) is 0 Å². The topological polar surface area (TPSA) is 50.6 Å². The summed E-state index contributed by atoms with van der Waals surface area (Å²) in [5.41, 5.74) is 1.12. The van der Waals surface area contributed by atoms with Crippen molar-refractivity contribution in [3.8, 4) is 0 Å². The molecule has 4 heterocycles. The van der Waals surface area contributed by atoms with Crippen molar-refractivity contribution >= 4 is 17.0 Å². The number of hydrogen-bond donors (Lipinski definition) is 0. The molecule has 2 aliphatic heterocycles. The monoisotopic (exact) mass is 416 g/mol. The summed E-state index contributed by atoms with van der Waals surface area (Å²) in [6.45, 7) is 12.8. The van der Waals surface area contributed by atoms with Gasteiger partial charge in [0, 0.05) is 42.0 Å². The maximum absolute atomic E-state index is 12.8. The first-order valence-corrected chi connectivity index (χ1v) is 11.4. The SMILES string of the molecule is CC(C)(C)c1ccc(CN2CCCC(n3ncc(N4CCOCC4)cc3=O)C2)s1. The molecule has 0 bridgehead atoms. The van der Waals surface area contributed by atoms with Crippen LogP contribution in [0, 0.1) is 0 Å². The molecule has 158 valence electrons. The third-order valence-corrected chi connectivity index (χ3v) is 7.29.